The Bertz CT molecular complexity index is 243. The molecule has 2 fully saturated rings. The maximum Gasteiger partial charge on any atom is 0.134 e. The normalized spacial score (nSPS) is 43.0. The van der Waals surface area contributed by atoms with Crippen LogP contribution in [0.15, 0.2) is 0 Å². The summed E-state index contributed by atoms with van der Waals surface area (Å²) >= 11 is 0. The third-order valence-corrected chi connectivity index (χ3v) is 4.83. The second-order valence-corrected chi connectivity index (χ2v) is 6.83. The van der Waals surface area contributed by atoms with Crippen molar-refractivity contribution in [1.82, 2.24) is 0 Å². The minimum absolute atomic E-state index is 0.0776. The van der Waals surface area contributed by atoms with Gasteiger partial charge >= 0.3 is 0 Å². The lowest BCUT2D eigenvalue weighted by atomic mass is 9.81. The fourth-order valence-corrected chi connectivity index (χ4v) is 2.93. The van der Waals surface area contributed by atoms with Gasteiger partial charge < -0.3 is 0 Å². The van der Waals surface area contributed by atoms with Gasteiger partial charge in [0.25, 0.3) is 0 Å². The molecule has 0 spiro atoms. The molecule has 0 aromatic carbocycles. The highest BCUT2D eigenvalue weighted by atomic mass is 19.2. The largest absolute Gasteiger partial charge is 0.247 e. The third-order valence-electron chi connectivity index (χ3n) is 4.83. The topological polar surface area (TPSA) is 0 Å². The standard InChI is InChI=1S/C8H14F2.C8H15F.C2H6/c1-5-3-4-6(2)8(10)7(5)9;1-6-3-4-7(2)8(9)5-6;1-2/h5-8H,3-4H2,1-2H3;6-8H,3-5H2,1-2H3;1-2H3. The van der Waals surface area contributed by atoms with E-state index in [1.54, 1.807) is 13.8 Å². The molecular weight excluding hydrogens is 273 g/mol. The highest BCUT2D eigenvalue weighted by molar-refractivity contribution is 4.83. The van der Waals surface area contributed by atoms with Gasteiger partial charge in [0.2, 0.25) is 0 Å². The van der Waals surface area contributed by atoms with Gasteiger partial charge in [-0.05, 0) is 49.4 Å². The Balaban J connectivity index is 0.000000342. The number of halogens is 3. The molecule has 128 valence electrons. The summed E-state index contributed by atoms with van der Waals surface area (Å²) in [4.78, 5) is 0. The molecule has 2 saturated carbocycles. The van der Waals surface area contributed by atoms with Crippen LogP contribution in [-0.4, -0.2) is 18.5 Å². The first-order valence-electron chi connectivity index (χ1n) is 8.75. The zero-order valence-corrected chi connectivity index (χ0v) is 14.7. The minimum Gasteiger partial charge on any atom is -0.247 e. The lowest BCUT2D eigenvalue weighted by Gasteiger charge is -2.30. The maximum atomic E-state index is 12.8. The van der Waals surface area contributed by atoms with Crippen molar-refractivity contribution in [3.05, 3.63) is 0 Å². The first-order chi connectivity index (χ1) is 9.82. The molecule has 2 rings (SSSR count). The lowest BCUT2D eigenvalue weighted by Crippen LogP contribution is -2.35. The summed E-state index contributed by atoms with van der Waals surface area (Å²) in [5, 5.41) is 0. The van der Waals surface area contributed by atoms with Crippen LogP contribution in [0.4, 0.5) is 13.2 Å². The summed E-state index contributed by atoms with van der Waals surface area (Å²) in [7, 11) is 0. The molecule has 21 heavy (non-hydrogen) atoms. The van der Waals surface area contributed by atoms with Gasteiger partial charge in [-0.1, -0.05) is 48.0 Å². The van der Waals surface area contributed by atoms with E-state index in [1.807, 2.05) is 20.8 Å². The van der Waals surface area contributed by atoms with E-state index in [-0.39, 0.29) is 11.8 Å². The molecule has 0 saturated heterocycles. The predicted molar refractivity (Wildman–Crippen MR) is 85.8 cm³/mol. The Kier molecular flexibility index (Phi) is 10.4. The fourth-order valence-electron chi connectivity index (χ4n) is 2.93. The van der Waals surface area contributed by atoms with Crippen molar-refractivity contribution >= 4 is 0 Å². The molecule has 0 bridgehead atoms. The summed E-state index contributed by atoms with van der Waals surface area (Å²) in [6.07, 6.45) is 1.82. The molecule has 2 aliphatic carbocycles. The van der Waals surface area contributed by atoms with Crippen LogP contribution in [0.5, 0.6) is 0 Å². The van der Waals surface area contributed by atoms with Crippen LogP contribution in [0.25, 0.3) is 0 Å². The summed E-state index contributed by atoms with van der Waals surface area (Å²) in [5.41, 5.74) is 0. The van der Waals surface area contributed by atoms with Crippen molar-refractivity contribution in [3.8, 4) is 0 Å². The summed E-state index contributed by atoms with van der Waals surface area (Å²) in [6, 6.07) is 0. The molecule has 0 aromatic rings. The first kappa shape index (κ1) is 20.8. The molecule has 0 radical (unpaired) electrons. The van der Waals surface area contributed by atoms with Crippen molar-refractivity contribution in [1.29, 1.82) is 0 Å². The maximum absolute atomic E-state index is 12.8. The average molecular weight is 308 g/mol. The monoisotopic (exact) mass is 308 g/mol. The third kappa shape index (κ3) is 7.06. The number of hydrogen-bond acceptors (Lipinski definition) is 0. The van der Waals surface area contributed by atoms with Crippen molar-refractivity contribution in [2.24, 2.45) is 23.7 Å². The molecule has 2 aliphatic rings. The van der Waals surface area contributed by atoms with Gasteiger partial charge in [-0.15, -0.1) is 0 Å². The predicted octanol–water partition coefficient (Wildman–Crippen LogP) is 6.54. The number of hydrogen-bond donors (Lipinski definition) is 0. The van der Waals surface area contributed by atoms with E-state index in [9.17, 15) is 13.2 Å². The van der Waals surface area contributed by atoms with E-state index < -0.39 is 18.5 Å². The SMILES string of the molecule is CC.CC1CCC(C)C(F)C1.CC1CCC(C)C(F)C1F. The molecule has 0 aliphatic heterocycles. The second kappa shape index (κ2) is 10.5. The van der Waals surface area contributed by atoms with Gasteiger partial charge in [-0.2, -0.15) is 0 Å². The molecule has 7 atom stereocenters. The quantitative estimate of drug-likeness (QED) is 0.477. The van der Waals surface area contributed by atoms with E-state index in [0.717, 1.165) is 25.7 Å². The summed E-state index contributed by atoms with van der Waals surface area (Å²) < 4.78 is 38.5. The van der Waals surface area contributed by atoms with Crippen LogP contribution < -0.4 is 0 Å². The van der Waals surface area contributed by atoms with Crippen LogP contribution in [0.3, 0.4) is 0 Å². The van der Waals surface area contributed by atoms with Crippen LogP contribution in [0, 0.1) is 23.7 Å². The lowest BCUT2D eigenvalue weighted by molar-refractivity contribution is 0.0367. The van der Waals surface area contributed by atoms with Crippen molar-refractivity contribution in [2.75, 3.05) is 0 Å². The van der Waals surface area contributed by atoms with Crippen molar-refractivity contribution in [2.45, 2.75) is 92.2 Å². The Hall–Kier alpha value is -0.210. The van der Waals surface area contributed by atoms with Gasteiger partial charge in [0.1, 0.15) is 18.5 Å². The van der Waals surface area contributed by atoms with Crippen LogP contribution >= 0.6 is 0 Å². The van der Waals surface area contributed by atoms with Gasteiger partial charge in [0.15, 0.2) is 0 Å². The molecular formula is C18H35F3. The van der Waals surface area contributed by atoms with Crippen molar-refractivity contribution < 1.29 is 13.2 Å². The molecule has 7 unspecified atom stereocenters. The Morgan fingerprint density at radius 2 is 1.00 bits per heavy atom. The number of alkyl halides is 3. The highest BCUT2D eigenvalue weighted by Gasteiger charge is 2.35. The number of rotatable bonds is 0. The summed E-state index contributed by atoms with van der Waals surface area (Å²) in [5.74, 6) is 0.787. The molecule has 3 heteroatoms. The molecule has 0 amide bonds. The first-order valence-corrected chi connectivity index (χ1v) is 8.75. The van der Waals surface area contributed by atoms with Crippen LogP contribution in [0.2, 0.25) is 0 Å². The Morgan fingerprint density at radius 1 is 0.619 bits per heavy atom. The zero-order chi connectivity index (χ0) is 16.6. The van der Waals surface area contributed by atoms with E-state index >= 15 is 0 Å². The Labute approximate surface area is 129 Å². The Morgan fingerprint density at radius 3 is 1.33 bits per heavy atom. The average Bonchev–Trinajstić information content (AvgIpc) is 2.48. The molecule has 0 nitrogen and oxygen atoms in total. The van der Waals surface area contributed by atoms with Gasteiger partial charge in [-0.3, -0.25) is 0 Å². The fraction of sp³-hybridized carbons (Fsp3) is 1.00. The van der Waals surface area contributed by atoms with Gasteiger partial charge in [0.05, 0.1) is 0 Å². The highest BCUT2D eigenvalue weighted by Crippen LogP contribution is 2.33. The van der Waals surface area contributed by atoms with Crippen LogP contribution in [0.1, 0.15) is 73.6 Å². The van der Waals surface area contributed by atoms with E-state index in [0.29, 0.717) is 11.8 Å². The van der Waals surface area contributed by atoms with E-state index in [2.05, 4.69) is 6.92 Å². The summed E-state index contributed by atoms with van der Waals surface area (Å²) in [6.45, 7) is 11.7. The smallest absolute Gasteiger partial charge is 0.134 e. The van der Waals surface area contributed by atoms with Crippen LogP contribution in [-0.2, 0) is 0 Å². The minimum atomic E-state index is -1.22. The van der Waals surface area contributed by atoms with Gasteiger partial charge in [-0.25, -0.2) is 13.2 Å². The van der Waals surface area contributed by atoms with Gasteiger partial charge in [0, 0.05) is 0 Å². The molecule has 0 aromatic heterocycles. The molecule has 0 N–H and O–H groups in total. The van der Waals surface area contributed by atoms with Crippen molar-refractivity contribution in [3.63, 3.8) is 0 Å². The van der Waals surface area contributed by atoms with E-state index in [4.69, 9.17) is 0 Å². The van der Waals surface area contributed by atoms with E-state index in [1.165, 1.54) is 6.42 Å². The second-order valence-electron chi connectivity index (χ2n) is 6.83. The molecule has 0 heterocycles. The zero-order valence-electron chi connectivity index (χ0n) is 14.7.